The summed E-state index contributed by atoms with van der Waals surface area (Å²) in [5, 5.41) is 4.59. The molecule has 0 bridgehead atoms. The smallest absolute Gasteiger partial charge is 0.338 e. The Hall–Kier alpha value is -3.85. The Labute approximate surface area is 183 Å². The van der Waals surface area contributed by atoms with E-state index in [0.29, 0.717) is 5.69 Å². The van der Waals surface area contributed by atoms with Crippen molar-refractivity contribution < 1.29 is 27.1 Å². The van der Waals surface area contributed by atoms with E-state index in [1.54, 1.807) is 25.1 Å². The fourth-order valence-electron chi connectivity index (χ4n) is 3.22. The first-order chi connectivity index (χ1) is 15.3. The lowest BCUT2D eigenvalue weighted by molar-refractivity contribution is 0.0526. The monoisotopic (exact) mass is 452 g/mol. The molecule has 0 spiro atoms. The number of anilines is 2. The number of carbonyl (C=O) groups is 2. The van der Waals surface area contributed by atoms with E-state index >= 15 is 0 Å². The van der Waals surface area contributed by atoms with Gasteiger partial charge >= 0.3 is 5.97 Å². The zero-order valence-electron chi connectivity index (χ0n) is 16.9. The molecule has 0 atom stereocenters. The summed E-state index contributed by atoms with van der Waals surface area (Å²) in [4.78, 5) is 24.7. The number of ketones is 1. The van der Waals surface area contributed by atoms with Crippen molar-refractivity contribution in [3.63, 3.8) is 0 Å². The summed E-state index contributed by atoms with van der Waals surface area (Å²) >= 11 is 0. The number of esters is 1. The Bertz CT molecular complexity index is 1340. The first-order valence-electron chi connectivity index (χ1n) is 9.63. The molecule has 0 aromatic heterocycles. The minimum Gasteiger partial charge on any atom is -0.462 e. The number of rotatable bonds is 5. The number of ether oxygens (including phenoxy) is 1. The van der Waals surface area contributed by atoms with Gasteiger partial charge in [-0.2, -0.15) is 5.10 Å². The second kappa shape index (κ2) is 8.35. The zero-order valence-corrected chi connectivity index (χ0v) is 17.7. The molecule has 9 heteroatoms. The maximum Gasteiger partial charge on any atom is 0.338 e. The molecule has 1 aliphatic rings. The summed E-state index contributed by atoms with van der Waals surface area (Å²) in [7, 11) is -4.30. The van der Waals surface area contributed by atoms with Gasteiger partial charge in [0.1, 0.15) is 5.82 Å². The largest absolute Gasteiger partial charge is 0.462 e. The minimum atomic E-state index is -4.30. The zero-order chi connectivity index (χ0) is 22.9. The molecule has 0 saturated carbocycles. The Morgan fingerprint density at radius 1 is 0.969 bits per heavy atom. The Kier molecular flexibility index (Phi) is 5.58. The number of fused-ring (bicyclic) bond motifs is 1. The van der Waals surface area contributed by atoms with Crippen LogP contribution in [-0.2, 0) is 14.6 Å². The quantitative estimate of drug-likeness (QED) is 0.328. The van der Waals surface area contributed by atoms with Crippen LogP contribution < -0.4 is 5.01 Å². The molecule has 162 valence electrons. The topological polar surface area (TPSA) is 93.1 Å². The minimum absolute atomic E-state index is 0.0431. The van der Waals surface area contributed by atoms with Crippen LogP contribution in [0.1, 0.15) is 27.6 Å². The fourth-order valence-corrected chi connectivity index (χ4v) is 4.64. The average molecular weight is 452 g/mol. The number of carbonyl (C=O) groups excluding carboxylic acids is 2. The van der Waals surface area contributed by atoms with Gasteiger partial charge in [0.05, 0.1) is 28.4 Å². The van der Waals surface area contributed by atoms with Crippen molar-refractivity contribution in [1.29, 1.82) is 0 Å². The van der Waals surface area contributed by atoms with Crippen molar-refractivity contribution in [3.05, 3.63) is 89.7 Å². The van der Waals surface area contributed by atoms with E-state index in [0.717, 1.165) is 18.2 Å². The number of nitrogens with zero attached hydrogens (tertiary/aromatic N) is 2. The highest BCUT2D eigenvalue weighted by Crippen LogP contribution is 2.38. The van der Waals surface area contributed by atoms with Gasteiger partial charge in [0.15, 0.2) is 0 Å². The molecule has 3 aromatic rings. The van der Waals surface area contributed by atoms with Crippen LogP contribution in [-0.4, -0.2) is 31.8 Å². The molecule has 0 N–H and O–H groups in total. The lowest BCUT2D eigenvalue weighted by atomic mass is 10.1. The van der Waals surface area contributed by atoms with Crippen molar-refractivity contribution in [3.8, 4) is 0 Å². The van der Waals surface area contributed by atoms with E-state index in [1.807, 2.05) is 0 Å². The van der Waals surface area contributed by atoms with E-state index in [9.17, 15) is 22.4 Å². The maximum atomic E-state index is 14.0. The average Bonchev–Trinajstić information content (AvgIpc) is 2.79. The summed E-state index contributed by atoms with van der Waals surface area (Å²) < 4.78 is 45.3. The highest BCUT2D eigenvalue weighted by atomic mass is 32.2. The lowest BCUT2D eigenvalue weighted by Crippen LogP contribution is -2.33. The number of sulfone groups is 1. The van der Waals surface area contributed by atoms with Crippen molar-refractivity contribution in [2.75, 3.05) is 11.6 Å². The Morgan fingerprint density at radius 2 is 1.66 bits per heavy atom. The molecule has 0 amide bonds. The van der Waals surface area contributed by atoms with Crippen LogP contribution in [0.4, 0.5) is 15.8 Å². The van der Waals surface area contributed by atoms with Crippen molar-refractivity contribution >= 4 is 38.0 Å². The molecule has 0 saturated heterocycles. The molecular weight excluding hydrogens is 435 g/mol. The van der Waals surface area contributed by atoms with Crippen LogP contribution >= 0.6 is 0 Å². The second-order valence-corrected chi connectivity index (χ2v) is 8.63. The summed E-state index contributed by atoms with van der Waals surface area (Å²) in [5.41, 5.74) is 0.721. The van der Waals surface area contributed by atoms with Crippen LogP contribution in [0.15, 0.2) is 82.8 Å². The number of benzene rings is 3. The number of halogens is 1. The van der Waals surface area contributed by atoms with Gasteiger partial charge in [-0.15, -0.1) is 0 Å². The van der Waals surface area contributed by atoms with Gasteiger partial charge < -0.3 is 4.74 Å². The number of hydrogen-bond acceptors (Lipinski definition) is 7. The van der Waals surface area contributed by atoms with Crippen LogP contribution in [0.2, 0.25) is 0 Å². The summed E-state index contributed by atoms with van der Waals surface area (Å²) in [6.07, 6.45) is 0. The Morgan fingerprint density at radius 3 is 2.31 bits per heavy atom. The molecular formula is C23H17FN2O5S. The predicted molar refractivity (Wildman–Crippen MR) is 116 cm³/mol. The van der Waals surface area contributed by atoms with Crippen LogP contribution in [0, 0.1) is 5.82 Å². The van der Waals surface area contributed by atoms with Crippen molar-refractivity contribution in [2.24, 2.45) is 5.10 Å². The third-order valence-corrected chi connectivity index (χ3v) is 6.44. The molecule has 7 nitrogen and oxygen atoms in total. The van der Waals surface area contributed by atoms with E-state index in [2.05, 4.69) is 5.10 Å². The number of hydrogen-bond donors (Lipinski definition) is 0. The first-order valence-corrected chi connectivity index (χ1v) is 11.1. The molecule has 3 aromatic carbocycles. The molecule has 1 aliphatic heterocycles. The second-order valence-electron chi connectivity index (χ2n) is 6.79. The van der Waals surface area contributed by atoms with E-state index in [1.165, 1.54) is 41.4 Å². The van der Waals surface area contributed by atoms with Crippen molar-refractivity contribution in [2.45, 2.75) is 11.8 Å². The van der Waals surface area contributed by atoms with E-state index < -0.39 is 32.5 Å². The highest BCUT2D eigenvalue weighted by Gasteiger charge is 2.38. The summed E-state index contributed by atoms with van der Waals surface area (Å²) in [6, 6.07) is 17.0. The van der Waals surface area contributed by atoms with E-state index in [-0.39, 0.29) is 28.3 Å². The SMILES string of the molecule is CCOC(=O)c1ccc(N2N=C(C(=O)c3ccccc3)S(=O)(=O)c3ccc(F)cc32)cc1. The van der Waals surface area contributed by atoms with E-state index in [4.69, 9.17) is 4.74 Å². The molecule has 4 rings (SSSR count). The van der Waals surface area contributed by atoms with Crippen molar-refractivity contribution in [1.82, 2.24) is 0 Å². The predicted octanol–water partition coefficient (Wildman–Crippen LogP) is 4.12. The van der Waals surface area contributed by atoms with Gasteiger partial charge in [-0.25, -0.2) is 22.6 Å². The van der Waals surface area contributed by atoms with Crippen LogP contribution in [0.5, 0.6) is 0 Å². The molecule has 0 unspecified atom stereocenters. The maximum absolute atomic E-state index is 14.0. The summed E-state index contributed by atoms with van der Waals surface area (Å²) in [5.74, 6) is -1.97. The molecule has 0 aliphatic carbocycles. The molecule has 0 fully saturated rings. The Balaban J connectivity index is 1.85. The summed E-state index contributed by atoms with van der Waals surface area (Å²) in [6.45, 7) is 1.90. The fraction of sp³-hybridized carbons (Fsp3) is 0.0870. The molecule has 32 heavy (non-hydrogen) atoms. The highest BCUT2D eigenvalue weighted by molar-refractivity contribution is 8.08. The van der Waals surface area contributed by atoms with Gasteiger partial charge in [0.25, 0.3) is 0 Å². The first kappa shape index (κ1) is 21.4. The van der Waals surface area contributed by atoms with Gasteiger partial charge in [0.2, 0.25) is 20.7 Å². The van der Waals surface area contributed by atoms with Gasteiger partial charge in [0, 0.05) is 11.6 Å². The third-order valence-electron chi connectivity index (χ3n) is 4.74. The van der Waals surface area contributed by atoms with Gasteiger partial charge in [-0.05, 0) is 43.3 Å². The van der Waals surface area contributed by atoms with Crippen LogP contribution in [0.25, 0.3) is 0 Å². The normalized spacial score (nSPS) is 14.3. The van der Waals surface area contributed by atoms with Crippen LogP contribution in [0.3, 0.4) is 0 Å². The molecule has 1 heterocycles. The third kappa shape index (κ3) is 3.78. The van der Waals surface area contributed by atoms with Gasteiger partial charge in [-0.1, -0.05) is 30.3 Å². The molecule has 0 radical (unpaired) electrons. The lowest BCUT2D eigenvalue weighted by Gasteiger charge is -2.27. The number of hydrazone groups is 1. The number of Topliss-reactive ketones (excluding diaryl/α,β-unsaturated/α-hetero) is 1. The van der Waals surface area contributed by atoms with Gasteiger partial charge in [-0.3, -0.25) is 4.79 Å². The standard InChI is InChI=1S/C23H17FN2O5S/c1-2-31-23(28)16-8-11-18(12-9-16)26-19-14-17(24)10-13-20(19)32(29,30)22(25-26)21(27)15-6-4-3-5-7-15/h3-14H,2H2,1H3.